The van der Waals surface area contributed by atoms with E-state index in [0.29, 0.717) is 6.29 Å². The average molecular weight is 241 g/mol. The first-order valence-electron chi connectivity index (χ1n) is 3.43. The lowest BCUT2D eigenvalue weighted by Gasteiger charge is -2.08. The summed E-state index contributed by atoms with van der Waals surface area (Å²) in [5, 5.41) is 0.0967. The summed E-state index contributed by atoms with van der Waals surface area (Å²) < 4.78 is 27.8. The van der Waals surface area contributed by atoms with E-state index in [2.05, 4.69) is 4.74 Å². The zero-order chi connectivity index (χ0) is 10.7. The Morgan fingerprint density at radius 1 is 1.36 bits per heavy atom. The highest BCUT2D eigenvalue weighted by Crippen LogP contribution is 2.30. The van der Waals surface area contributed by atoms with Gasteiger partial charge in [-0.15, -0.1) is 0 Å². The van der Waals surface area contributed by atoms with Crippen LogP contribution in [0.25, 0.3) is 0 Å². The molecule has 1 aromatic carbocycles. The number of ether oxygens (including phenoxy) is 1. The average Bonchev–Trinajstić information content (AvgIpc) is 2.01. The molecule has 0 bridgehead atoms. The Kier molecular flexibility index (Phi) is 3.66. The van der Waals surface area contributed by atoms with E-state index in [9.17, 15) is 13.6 Å². The minimum atomic E-state index is -3.02. The van der Waals surface area contributed by atoms with Crippen LogP contribution in [0.5, 0.6) is 5.75 Å². The van der Waals surface area contributed by atoms with Crippen LogP contribution in [-0.2, 0) is 0 Å². The maximum absolute atomic E-state index is 11.9. The van der Waals surface area contributed by atoms with E-state index in [1.54, 1.807) is 0 Å². The first kappa shape index (κ1) is 11.2. The van der Waals surface area contributed by atoms with E-state index in [4.69, 9.17) is 23.2 Å². The van der Waals surface area contributed by atoms with Crippen LogP contribution >= 0.6 is 23.2 Å². The quantitative estimate of drug-likeness (QED) is 0.758. The number of carbonyl (C=O) groups is 1. The number of carbonyl (C=O) groups excluding carboxylic acids is 1. The Balaban J connectivity index is 3.17. The van der Waals surface area contributed by atoms with Crippen LogP contribution in [0.3, 0.4) is 0 Å². The molecule has 0 fully saturated rings. The van der Waals surface area contributed by atoms with Gasteiger partial charge in [0.25, 0.3) is 0 Å². The van der Waals surface area contributed by atoms with Crippen molar-refractivity contribution in [1.82, 2.24) is 0 Å². The third-order valence-electron chi connectivity index (χ3n) is 1.39. The van der Waals surface area contributed by atoms with Gasteiger partial charge in [0.2, 0.25) is 0 Å². The Morgan fingerprint density at radius 2 is 2.00 bits per heavy atom. The van der Waals surface area contributed by atoms with Crippen molar-refractivity contribution in [2.75, 3.05) is 0 Å². The number of hydrogen-bond donors (Lipinski definition) is 0. The summed E-state index contributed by atoms with van der Waals surface area (Å²) in [6.07, 6.45) is 0.330. The molecule has 1 aromatic rings. The molecule has 14 heavy (non-hydrogen) atoms. The lowest BCUT2D eigenvalue weighted by atomic mass is 10.2. The number of hydrogen-bond acceptors (Lipinski definition) is 2. The van der Waals surface area contributed by atoms with Gasteiger partial charge in [0.15, 0.2) is 6.29 Å². The van der Waals surface area contributed by atoms with Crippen LogP contribution < -0.4 is 4.74 Å². The Labute approximate surface area is 88.4 Å². The fourth-order valence-electron chi connectivity index (χ4n) is 0.869. The van der Waals surface area contributed by atoms with Crippen molar-refractivity contribution in [3.05, 3.63) is 27.7 Å². The monoisotopic (exact) mass is 240 g/mol. The molecule has 2 nitrogen and oxygen atoms in total. The topological polar surface area (TPSA) is 26.3 Å². The second-order valence-electron chi connectivity index (χ2n) is 2.30. The van der Waals surface area contributed by atoms with E-state index in [1.807, 2.05) is 0 Å². The molecule has 0 heterocycles. The van der Waals surface area contributed by atoms with Crippen LogP contribution in [0.1, 0.15) is 10.4 Å². The molecule has 0 radical (unpaired) electrons. The van der Waals surface area contributed by atoms with Gasteiger partial charge >= 0.3 is 6.61 Å². The maximum atomic E-state index is 11.9. The Hall–Kier alpha value is -0.870. The molecular formula is C8H4Cl2F2O2. The highest BCUT2D eigenvalue weighted by Gasteiger charge is 2.13. The molecular weight excluding hydrogens is 237 g/mol. The smallest absolute Gasteiger partial charge is 0.387 e. The summed E-state index contributed by atoms with van der Waals surface area (Å²) in [4.78, 5) is 10.5. The van der Waals surface area contributed by atoms with Crippen LogP contribution in [0.2, 0.25) is 10.0 Å². The normalized spacial score (nSPS) is 10.4. The molecule has 0 aliphatic carbocycles. The summed E-state index contributed by atoms with van der Waals surface area (Å²) in [7, 11) is 0. The van der Waals surface area contributed by atoms with Crippen molar-refractivity contribution >= 4 is 29.5 Å². The van der Waals surface area contributed by atoms with Gasteiger partial charge in [-0.2, -0.15) is 8.78 Å². The van der Waals surface area contributed by atoms with Gasteiger partial charge in [-0.25, -0.2) is 0 Å². The molecule has 6 heteroatoms. The lowest BCUT2D eigenvalue weighted by molar-refractivity contribution is -0.0500. The SMILES string of the molecule is O=Cc1c(Cl)cc(Cl)cc1OC(F)F. The second-order valence-corrected chi connectivity index (χ2v) is 3.14. The first-order chi connectivity index (χ1) is 6.54. The first-order valence-corrected chi connectivity index (χ1v) is 4.19. The summed E-state index contributed by atoms with van der Waals surface area (Å²) in [6.45, 7) is -3.02. The van der Waals surface area contributed by atoms with Gasteiger partial charge in [0, 0.05) is 5.02 Å². The van der Waals surface area contributed by atoms with Gasteiger partial charge < -0.3 is 4.74 Å². The summed E-state index contributed by atoms with van der Waals surface area (Å²) in [5.74, 6) is -0.326. The Morgan fingerprint density at radius 3 is 2.50 bits per heavy atom. The highest BCUT2D eigenvalue weighted by atomic mass is 35.5. The molecule has 0 aliphatic rings. The van der Waals surface area contributed by atoms with Gasteiger partial charge in [0.05, 0.1) is 10.6 Å². The third kappa shape index (κ3) is 2.56. The van der Waals surface area contributed by atoms with E-state index in [1.165, 1.54) is 6.07 Å². The van der Waals surface area contributed by atoms with Crippen LogP contribution in [0, 0.1) is 0 Å². The van der Waals surface area contributed by atoms with Crippen LogP contribution in [-0.4, -0.2) is 12.9 Å². The minimum Gasteiger partial charge on any atom is -0.434 e. The van der Waals surface area contributed by atoms with E-state index < -0.39 is 6.61 Å². The maximum Gasteiger partial charge on any atom is 0.387 e. The number of aldehydes is 1. The summed E-state index contributed by atoms with van der Waals surface area (Å²) >= 11 is 11.1. The summed E-state index contributed by atoms with van der Waals surface area (Å²) in [6, 6.07) is 2.37. The largest absolute Gasteiger partial charge is 0.434 e. The molecule has 0 aliphatic heterocycles. The van der Waals surface area contributed by atoms with Gasteiger partial charge in [-0.3, -0.25) is 4.79 Å². The van der Waals surface area contributed by atoms with Crippen molar-refractivity contribution in [3.8, 4) is 5.75 Å². The lowest BCUT2D eigenvalue weighted by Crippen LogP contribution is -2.04. The molecule has 0 N–H and O–H groups in total. The van der Waals surface area contributed by atoms with Crippen molar-refractivity contribution in [3.63, 3.8) is 0 Å². The predicted molar refractivity (Wildman–Crippen MR) is 48.5 cm³/mol. The standard InChI is InChI=1S/C8H4Cl2F2O2/c9-4-1-6(10)5(3-13)7(2-4)14-8(11)12/h1-3,8H. The number of rotatable bonds is 3. The zero-order valence-corrected chi connectivity index (χ0v) is 8.15. The minimum absolute atomic E-state index is 0.0249. The van der Waals surface area contributed by atoms with Crippen LogP contribution in [0.4, 0.5) is 8.78 Å². The molecule has 1 rings (SSSR count). The van der Waals surface area contributed by atoms with Gasteiger partial charge in [-0.1, -0.05) is 23.2 Å². The fraction of sp³-hybridized carbons (Fsp3) is 0.125. The summed E-state index contributed by atoms with van der Waals surface area (Å²) in [5.41, 5.74) is -0.142. The van der Waals surface area contributed by atoms with E-state index in [-0.39, 0.29) is 21.4 Å². The molecule has 0 saturated heterocycles. The molecule has 0 unspecified atom stereocenters. The van der Waals surface area contributed by atoms with Crippen molar-refractivity contribution in [2.24, 2.45) is 0 Å². The van der Waals surface area contributed by atoms with E-state index in [0.717, 1.165) is 6.07 Å². The van der Waals surface area contributed by atoms with Gasteiger partial charge in [-0.05, 0) is 12.1 Å². The third-order valence-corrected chi connectivity index (χ3v) is 1.92. The van der Waals surface area contributed by atoms with E-state index >= 15 is 0 Å². The van der Waals surface area contributed by atoms with Crippen molar-refractivity contribution in [2.45, 2.75) is 6.61 Å². The molecule has 0 amide bonds. The molecule has 76 valence electrons. The number of benzene rings is 1. The molecule has 0 atom stereocenters. The molecule has 0 aromatic heterocycles. The second kappa shape index (κ2) is 4.57. The van der Waals surface area contributed by atoms with Crippen molar-refractivity contribution in [1.29, 1.82) is 0 Å². The molecule has 0 saturated carbocycles. The highest BCUT2D eigenvalue weighted by molar-refractivity contribution is 6.36. The molecule has 0 spiro atoms. The zero-order valence-electron chi connectivity index (χ0n) is 6.64. The van der Waals surface area contributed by atoms with Crippen molar-refractivity contribution < 1.29 is 18.3 Å². The van der Waals surface area contributed by atoms with Crippen LogP contribution in [0.15, 0.2) is 12.1 Å². The predicted octanol–water partition coefficient (Wildman–Crippen LogP) is 3.41. The Bertz CT molecular complexity index is 355. The number of alkyl halides is 2. The fourth-order valence-corrected chi connectivity index (χ4v) is 1.39. The number of halogens is 4. The van der Waals surface area contributed by atoms with Gasteiger partial charge in [0.1, 0.15) is 5.75 Å².